The highest BCUT2D eigenvalue weighted by atomic mass is 32.1. The van der Waals surface area contributed by atoms with E-state index in [-0.39, 0.29) is 18.2 Å². The second-order valence-electron chi connectivity index (χ2n) is 10.3. The lowest BCUT2D eigenvalue weighted by Crippen LogP contribution is -2.42. The lowest BCUT2D eigenvalue weighted by molar-refractivity contribution is 0.0156. The molecule has 0 bridgehead atoms. The summed E-state index contributed by atoms with van der Waals surface area (Å²) in [7, 11) is 0. The standard InChI is InChI=1S/C31H29N7O3S/c39-31(37-10-12-40-13-11-37)41-25-15-23(32-18-25)6-8-26-16-27-29(33-20-34-30(27)42-26)36-24-7-9-28-22(14-24)17-35-38(28)19-21-4-2-1-3-5-21/h1-5,7,9,14,16-17,20,23,25,32H,10-13,15,18-19H2,(H,33,34,36)/t23-,25-/m1/s1. The van der Waals surface area contributed by atoms with Gasteiger partial charge in [-0.15, -0.1) is 11.3 Å². The number of ether oxygens (including phenoxy) is 2. The molecule has 2 aliphatic heterocycles. The van der Waals surface area contributed by atoms with Crippen molar-refractivity contribution < 1.29 is 14.3 Å². The van der Waals surface area contributed by atoms with E-state index < -0.39 is 0 Å². The molecule has 0 radical (unpaired) electrons. The van der Waals surface area contributed by atoms with Crippen molar-refractivity contribution in [2.24, 2.45) is 0 Å². The minimum absolute atomic E-state index is 0.0454. The third kappa shape index (κ3) is 5.78. The highest BCUT2D eigenvalue weighted by Gasteiger charge is 2.28. The number of benzene rings is 2. The SMILES string of the molecule is O=C(O[C@H]1CN[C@H](C#Cc2cc3c(Nc4ccc5c(cnn5Cc5ccccc5)c4)ncnc3s2)C1)N1CCOCC1. The number of anilines is 2. The zero-order valence-electron chi connectivity index (χ0n) is 22.8. The Labute approximate surface area is 246 Å². The molecule has 2 atom stereocenters. The molecule has 1 amide bonds. The van der Waals surface area contributed by atoms with Gasteiger partial charge in [-0.25, -0.2) is 14.8 Å². The summed E-state index contributed by atoms with van der Waals surface area (Å²) in [6.45, 7) is 3.57. The number of amides is 1. The molecule has 0 unspecified atom stereocenters. The van der Waals surface area contributed by atoms with Gasteiger partial charge in [-0.1, -0.05) is 42.2 Å². The fraction of sp³-hybridized carbons (Fsp3) is 0.290. The van der Waals surface area contributed by atoms with E-state index in [1.165, 1.54) is 16.9 Å². The van der Waals surface area contributed by atoms with E-state index in [4.69, 9.17) is 9.47 Å². The summed E-state index contributed by atoms with van der Waals surface area (Å²) in [5.74, 6) is 7.31. The van der Waals surface area contributed by atoms with E-state index in [2.05, 4.69) is 61.8 Å². The van der Waals surface area contributed by atoms with Crippen LogP contribution in [0.3, 0.4) is 0 Å². The molecule has 0 spiro atoms. The van der Waals surface area contributed by atoms with Crippen molar-refractivity contribution in [2.45, 2.75) is 25.1 Å². The van der Waals surface area contributed by atoms with E-state index in [1.807, 2.05) is 41.2 Å². The molecule has 2 aliphatic rings. The summed E-state index contributed by atoms with van der Waals surface area (Å²) in [6.07, 6.45) is 3.65. The maximum absolute atomic E-state index is 12.4. The normalized spacial score (nSPS) is 18.6. The molecular weight excluding hydrogens is 550 g/mol. The Hall–Kier alpha value is -4.50. The van der Waals surface area contributed by atoms with Gasteiger partial charge in [-0.2, -0.15) is 5.10 Å². The monoisotopic (exact) mass is 579 g/mol. The quantitative estimate of drug-likeness (QED) is 0.296. The second kappa shape index (κ2) is 11.8. The Morgan fingerprint density at radius 3 is 2.90 bits per heavy atom. The van der Waals surface area contributed by atoms with Gasteiger partial charge in [0.1, 0.15) is 23.1 Å². The first kappa shape index (κ1) is 26.4. The van der Waals surface area contributed by atoms with Gasteiger partial charge in [-0.3, -0.25) is 10.00 Å². The first-order chi connectivity index (χ1) is 20.7. The topological polar surface area (TPSA) is 106 Å². The van der Waals surface area contributed by atoms with E-state index >= 15 is 0 Å². The summed E-state index contributed by atoms with van der Waals surface area (Å²) in [5, 5.41) is 13.4. The summed E-state index contributed by atoms with van der Waals surface area (Å²) >= 11 is 1.53. The van der Waals surface area contributed by atoms with Crippen LogP contribution in [0.5, 0.6) is 0 Å². The third-order valence-corrected chi connectivity index (χ3v) is 8.36. The molecule has 0 aliphatic carbocycles. The van der Waals surface area contributed by atoms with E-state index in [1.54, 1.807) is 11.2 Å². The van der Waals surface area contributed by atoms with Crippen LogP contribution in [-0.4, -0.2) is 75.7 Å². The van der Waals surface area contributed by atoms with Gasteiger partial charge in [0.25, 0.3) is 0 Å². The Bertz CT molecular complexity index is 1790. The van der Waals surface area contributed by atoms with Crippen LogP contribution in [0.25, 0.3) is 21.1 Å². The van der Waals surface area contributed by atoms with E-state index in [0.29, 0.717) is 39.3 Å². The molecule has 42 heavy (non-hydrogen) atoms. The van der Waals surface area contributed by atoms with Crippen molar-refractivity contribution in [1.82, 2.24) is 30.0 Å². The van der Waals surface area contributed by atoms with Crippen molar-refractivity contribution in [3.63, 3.8) is 0 Å². The van der Waals surface area contributed by atoms with Crippen molar-refractivity contribution in [3.05, 3.63) is 77.6 Å². The van der Waals surface area contributed by atoms with Gasteiger partial charge in [0.2, 0.25) is 0 Å². The summed E-state index contributed by atoms with van der Waals surface area (Å²) in [6, 6.07) is 18.5. The Morgan fingerprint density at radius 2 is 2.02 bits per heavy atom. The lowest BCUT2D eigenvalue weighted by Gasteiger charge is -2.27. The largest absolute Gasteiger partial charge is 0.445 e. The number of carbonyl (C=O) groups excluding carboxylic acids is 1. The number of thiophene rings is 1. The number of morpholine rings is 1. The molecule has 2 aromatic carbocycles. The molecule has 3 aromatic heterocycles. The van der Waals surface area contributed by atoms with Gasteiger partial charge in [-0.05, 0) is 29.8 Å². The smallest absolute Gasteiger partial charge is 0.410 e. The van der Waals surface area contributed by atoms with Gasteiger partial charge in [0, 0.05) is 37.1 Å². The molecule has 11 heteroatoms. The molecule has 5 aromatic rings. The fourth-order valence-electron chi connectivity index (χ4n) is 5.22. The molecule has 0 saturated carbocycles. The lowest BCUT2D eigenvalue weighted by atomic mass is 10.2. The van der Waals surface area contributed by atoms with Crippen LogP contribution in [0.15, 0.2) is 67.1 Å². The zero-order chi connectivity index (χ0) is 28.3. The average Bonchev–Trinajstić information content (AvgIpc) is 3.76. The predicted octanol–water partition coefficient (Wildman–Crippen LogP) is 4.38. The Kier molecular flexibility index (Phi) is 7.40. The predicted molar refractivity (Wildman–Crippen MR) is 162 cm³/mol. The highest BCUT2D eigenvalue weighted by molar-refractivity contribution is 7.19. The van der Waals surface area contributed by atoms with E-state index in [0.717, 1.165) is 44.0 Å². The molecule has 2 fully saturated rings. The second-order valence-corrected chi connectivity index (χ2v) is 11.3. The van der Waals surface area contributed by atoms with Crippen LogP contribution >= 0.6 is 11.3 Å². The van der Waals surface area contributed by atoms with Crippen LogP contribution in [0.4, 0.5) is 16.3 Å². The van der Waals surface area contributed by atoms with Crippen LogP contribution in [0.1, 0.15) is 16.9 Å². The van der Waals surface area contributed by atoms with Crippen LogP contribution in [0, 0.1) is 11.8 Å². The number of aromatic nitrogens is 4. The number of hydrogen-bond donors (Lipinski definition) is 2. The Morgan fingerprint density at radius 1 is 1.14 bits per heavy atom. The van der Waals surface area contributed by atoms with Crippen LogP contribution in [-0.2, 0) is 16.0 Å². The van der Waals surface area contributed by atoms with Gasteiger partial charge < -0.3 is 19.7 Å². The average molecular weight is 580 g/mol. The maximum Gasteiger partial charge on any atom is 0.410 e. The number of rotatable bonds is 5. The minimum atomic E-state index is -0.276. The maximum atomic E-state index is 12.4. The molecule has 5 heterocycles. The van der Waals surface area contributed by atoms with Crippen LogP contribution < -0.4 is 10.6 Å². The van der Waals surface area contributed by atoms with E-state index in [9.17, 15) is 4.79 Å². The molecule has 212 valence electrons. The molecule has 2 N–H and O–H groups in total. The number of fused-ring (bicyclic) bond motifs is 2. The number of nitrogens with one attached hydrogen (secondary N) is 2. The number of nitrogens with zero attached hydrogens (tertiary/aromatic N) is 5. The first-order valence-electron chi connectivity index (χ1n) is 14.0. The summed E-state index contributed by atoms with van der Waals surface area (Å²) in [5.41, 5.74) is 3.21. The van der Waals surface area contributed by atoms with Gasteiger partial charge >= 0.3 is 6.09 Å². The van der Waals surface area contributed by atoms with Crippen molar-refractivity contribution in [2.75, 3.05) is 38.2 Å². The minimum Gasteiger partial charge on any atom is -0.445 e. The number of hydrogen-bond acceptors (Lipinski definition) is 9. The van der Waals surface area contributed by atoms with Crippen LogP contribution in [0.2, 0.25) is 0 Å². The third-order valence-electron chi connectivity index (χ3n) is 7.41. The van der Waals surface area contributed by atoms with Gasteiger partial charge in [0.15, 0.2) is 0 Å². The molecule has 10 nitrogen and oxygen atoms in total. The highest BCUT2D eigenvalue weighted by Crippen LogP contribution is 2.30. The van der Waals surface area contributed by atoms with Crippen molar-refractivity contribution in [3.8, 4) is 11.8 Å². The van der Waals surface area contributed by atoms with Gasteiger partial charge in [0.05, 0.1) is 47.8 Å². The first-order valence-corrected chi connectivity index (χ1v) is 14.8. The fourth-order valence-corrected chi connectivity index (χ4v) is 6.09. The summed E-state index contributed by atoms with van der Waals surface area (Å²) < 4.78 is 13.0. The summed E-state index contributed by atoms with van der Waals surface area (Å²) in [4.78, 5) is 24.8. The van der Waals surface area contributed by atoms with Crippen molar-refractivity contribution in [1.29, 1.82) is 0 Å². The molecule has 2 saturated heterocycles. The van der Waals surface area contributed by atoms with Crippen molar-refractivity contribution >= 4 is 50.1 Å². The number of carbonyl (C=O) groups is 1. The molecule has 7 rings (SSSR count). The Balaban J connectivity index is 1.02. The molecular formula is C31H29N7O3S. The zero-order valence-corrected chi connectivity index (χ0v) is 23.6.